The Labute approximate surface area is 146 Å². The van der Waals surface area contributed by atoms with E-state index in [1.54, 1.807) is 0 Å². The lowest BCUT2D eigenvalue weighted by Gasteiger charge is -2.56. The van der Waals surface area contributed by atoms with E-state index in [1.165, 1.54) is 90.4 Å². The largest absolute Gasteiger partial charge is 0.303 e. The zero-order chi connectivity index (χ0) is 15.2. The van der Waals surface area contributed by atoms with Crippen LogP contribution in [-0.4, -0.2) is 58.6 Å². The summed E-state index contributed by atoms with van der Waals surface area (Å²) in [6.07, 6.45) is 15.0. The van der Waals surface area contributed by atoms with Gasteiger partial charge >= 0.3 is 0 Å². The molecule has 4 heterocycles. The van der Waals surface area contributed by atoms with E-state index >= 15 is 0 Å². The number of hydrogen-bond acceptors (Lipinski definition) is 3. The molecule has 6 fully saturated rings. The van der Waals surface area contributed by atoms with E-state index in [4.69, 9.17) is 0 Å². The van der Waals surface area contributed by atoms with Crippen LogP contribution < -0.4 is 0 Å². The SMILES string of the molecule is C1CCC2C(C1)SC1CCCCC1N2CC1CN2CCC1CC2. The summed E-state index contributed by atoms with van der Waals surface area (Å²) in [5.41, 5.74) is 0. The van der Waals surface area contributed by atoms with Gasteiger partial charge in [0.25, 0.3) is 0 Å². The number of rotatable bonds is 2. The molecule has 6 rings (SSSR count). The minimum absolute atomic E-state index is 0.934. The average molecular weight is 335 g/mol. The summed E-state index contributed by atoms with van der Waals surface area (Å²) in [5, 5.41) is 1.95. The van der Waals surface area contributed by atoms with E-state index in [0.29, 0.717) is 0 Å². The lowest BCUT2D eigenvalue weighted by atomic mass is 9.77. The van der Waals surface area contributed by atoms with Crippen molar-refractivity contribution in [3.8, 4) is 0 Å². The van der Waals surface area contributed by atoms with Gasteiger partial charge in [-0.15, -0.1) is 0 Å². The van der Waals surface area contributed by atoms with Crippen molar-refractivity contribution in [3.63, 3.8) is 0 Å². The van der Waals surface area contributed by atoms with E-state index in [-0.39, 0.29) is 0 Å². The van der Waals surface area contributed by atoms with Crippen molar-refractivity contribution in [1.82, 2.24) is 9.80 Å². The second-order valence-electron chi connectivity index (χ2n) is 9.01. The van der Waals surface area contributed by atoms with Gasteiger partial charge in [0, 0.05) is 35.7 Å². The topological polar surface area (TPSA) is 6.48 Å². The molecule has 0 spiro atoms. The van der Waals surface area contributed by atoms with Crippen LogP contribution in [0.15, 0.2) is 0 Å². The van der Waals surface area contributed by atoms with Crippen molar-refractivity contribution in [2.24, 2.45) is 11.8 Å². The summed E-state index contributed by atoms with van der Waals surface area (Å²) < 4.78 is 0. The summed E-state index contributed by atoms with van der Waals surface area (Å²) in [5.74, 6) is 2.05. The molecule has 2 nitrogen and oxygen atoms in total. The summed E-state index contributed by atoms with van der Waals surface area (Å²) in [4.78, 5) is 5.87. The standard InChI is InChI=1S/C20H34N2S/c1-3-7-19-17(5-1)22(18-6-2-4-8-20(18)23-19)14-16-13-21-11-9-15(16)10-12-21/h15-20H,1-14H2. The van der Waals surface area contributed by atoms with Gasteiger partial charge in [0.1, 0.15) is 0 Å². The molecule has 6 aliphatic rings. The average Bonchev–Trinajstić information content (AvgIpc) is 2.62. The number of piperidine rings is 3. The van der Waals surface area contributed by atoms with Gasteiger partial charge in [-0.1, -0.05) is 25.7 Å². The quantitative estimate of drug-likeness (QED) is 0.754. The van der Waals surface area contributed by atoms with Gasteiger partial charge in [0.05, 0.1) is 0 Å². The van der Waals surface area contributed by atoms with Crippen LogP contribution in [-0.2, 0) is 0 Å². The Balaban J connectivity index is 1.36. The first-order valence-electron chi connectivity index (χ1n) is 10.5. The van der Waals surface area contributed by atoms with Crippen LogP contribution in [0.1, 0.15) is 64.2 Å². The summed E-state index contributed by atoms with van der Waals surface area (Å²) in [6, 6.07) is 1.87. The maximum Gasteiger partial charge on any atom is 0.0218 e. The molecule has 2 aliphatic carbocycles. The zero-order valence-electron chi connectivity index (χ0n) is 14.7. The van der Waals surface area contributed by atoms with Gasteiger partial charge in [0.2, 0.25) is 0 Å². The Morgan fingerprint density at radius 2 is 1.35 bits per heavy atom. The van der Waals surface area contributed by atoms with E-state index in [9.17, 15) is 0 Å². The van der Waals surface area contributed by atoms with Gasteiger partial charge < -0.3 is 4.90 Å². The Hall–Kier alpha value is 0.270. The third-order valence-corrected chi connectivity index (χ3v) is 9.57. The predicted molar refractivity (Wildman–Crippen MR) is 99.0 cm³/mol. The Kier molecular flexibility index (Phi) is 4.41. The number of thioether (sulfide) groups is 1. The zero-order valence-corrected chi connectivity index (χ0v) is 15.5. The molecular weight excluding hydrogens is 300 g/mol. The molecule has 5 unspecified atom stereocenters. The highest BCUT2D eigenvalue weighted by Crippen LogP contribution is 2.47. The predicted octanol–water partition coefficient (Wildman–Crippen LogP) is 4.00. The van der Waals surface area contributed by atoms with Crippen molar-refractivity contribution in [3.05, 3.63) is 0 Å². The third-order valence-electron chi connectivity index (χ3n) is 7.77. The second-order valence-corrected chi connectivity index (χ2v) is 10.5. The molecule has 0 aromatic heterocycles. The van der Waals surface area contributed by atoms with Crippen LogP contribution in [0.2, 0.25) is 0 Å². The summed E-state index contributed by atoms with van der Waals surface area (Å²) in [7, 11) is 0. The maximum absolute atomic E-state index is 3.11. The first-order valence-corrected chi connectivity index (χ1v) is 11.5. The molecule has 0 amide bonds. The molecule has 4 aliphatic heterocycles. The molecule has 2 bridgehead atoms. The lowest BCUT2D eigenvalue weighted by molar-refractivity contribution is -0.00517. The van der Waals surface area contributed by atoms with E-state index in [1.807, 2.05) is 0 Å². The highest BCUT2D eigenvalue weighted by Gasteiger charge is 2.46. The minimum atomic E-state index is 0.934. The molecule has 3 heteroatoms. The summed E-state index contributed by atoms with van der Waals surface area (Å²) in [6.45, 7) is 5.66. The van der Waals surface area contributed by atoms with Gasteiger partial charge in [0.15, 0.2) is 0 Å². The third kappa shape index (κ3) is 2.89. The molecule has 2 saturated carbocycles. The van der Waals surface area contributed by atoms with Crippen molar-refractivity contribution in [2.75, 3.05) is 26.2 Å². The van der Waals surface area contributed by atoms with Crippen LogP contribution in [0.3, 0.4) is 0 Å². The molecule has 5 atom stereocenters. The van der Waals surface area contributed by atoms with Gasteiger partial charge in [-0.3, -0.25) is 4.90 Å². The van der Waals surface area contributed by atoms with Crippen molar-refractivity contribution in [1.29, 1.82) is 0 Å². The highest BCUT2D eigenvalue weighted by molar-refractivity contribution is 8.00. The normalized spacial score (nSPS) is 50.3. The van der Waals surface area contributed by atoms with E-state index in [0.717, 1.165) is 34.4 Å². The van der Waals surface area contributed by atoms with E-state index < -0.39 is 0 Å². The first kappa shape index (κ1) is 15.5. The Bertz CT molecular complexity index is 398. The highest BCUT2D eigenvalue weighted by atomic mass is 32.2. The molecule has 23 heavy (non-hydrogen) atoms. The smallest absolute Gasteiger partial charge is 0.0218 e. The Morgan fingerprint density at radius 3 is 1.91 bits per heavy atom. The van der Waals surface area contributed by atoms with Crippen LogP contribution >= 0.6 is 11.8 Å². The minimum Gasteiger partial charge on any atom is -0.303 e. The Morgan fingerprint density at radius 1 is 0.739 bits per heavy atom. The number of nitrogens with zero attached hydrogens (tertiary/aromatic N) is 2. The maximum atomic E-state index is 3.11. The fourth-order valence-electron chi connectivity index (χ4n) is 6.54. The van der Waals surface area contributed by atoms with E-state index in [2.05, 4.69) is 21.6 Å². The summed E-state index contributed by atoms with van der Waals surface area (Å²) >= 11 is 2.43. The molecule has 0 N–H and O–H groups in total. The molecule has 130 valence electrons. The second kappa shape index (κ2) is 6.53. The molecule has 0 aromatic carbocycles. The molecule has 4 saturated heterocycles. The van der Waals surface area contributed by atoms with Crippen molar-refractivity contribution < 1.29 is 0 Å². The number of hydrogen-bond donors (Lipinski definition) is 0. The fraction of sp³-hybridized carbons (Fsp3) is 1.00. The monoisotopic (exact) mass is 334 g/mol. The van der Waals surface area contributed by atoms with Crippen molar-refractivity contribution in [2.45, 2.75) is 86.8 Å². The first-order chi connectivity index (χ1) is 11.4. The molecular formula is C20H34N2S. The van der Waals surface area contributed by atoms with Crippen LogP contribution in [0.4, 0.5) is 0 Å². The fourth-order valence-corrected chi connectivity index (χ4v) is 8.54. The van der Waals surface area contributed by atoms with Gasteiger partial charge in [-0.05, 0) is 63.5 Å². The molecule has 0 radical (unpaired) electrons. The van der Waals surface area contributed by atoms with Crippen LogP contribution in [0.5, 0.6) is 0 Å². The van der Waals surface area contributed by atoms with Crippen molar-refractivity contribution >= 4 is 11.8 Å². The van der Waals surface area contributed by atoms with Gasteiger partial charge in [-0.2, -0.15) is 11.8 Å². The van der Waals surface area contributed by atoms with Crippen LogP contribution in [0.25, 0.3) is 0 Å². The lowest BCUT2D eigenvalue weighted by Crippen LogP contribution is -2.61. The van der Waals surface area contributed by atoms with Crippen LogP contribution in [0, 0.1) is 11.8 Å². The van der Waals surface area contributed by atoms with Gasteiger partial charge in [-0.25, -0.2) is 0 Å². The number of fused-ring (bicyclic) bond motifs is 5. The molecule has 0 aromatic rings.